The van der Waals surface area contributed by atoms with Crippen LogP contribution in [-0.4, -0.2) is 12.0 Å². The van der Waals surface area contributed by atoms with Crippen LogP contribution in [0.15, 0.2) is 23.6 Å². The zero-order chi connectivity index (χ0) is 13.1. The van der Waals surface area contributed by atoms with Gasteiger partial charge in [0.05, 0.1) is 5.01 Å². The monoisotopic (exact) mass is 260 g/mol. The van der Waals surface area contributed by atoms with Crippen LogP contribution >= 0.6 is 11.3 Å². The lowest BCUT2D eigenvalue weighted by Crippen LogP contribution is -2.19. The van der Waals surface area contributed by atoms with Crippen molar-refractivity contribution in [3.63, 3.8) is 0 Å². The average molecular weight is 260 g/mol. The number of hydrogen-bond donors (Lipinski definition) is 1. The highest BCUT2D eigenvalue weighted by molar-refractivity contribution is 7.09. The van der Waals surface area contributed by atoms with Gasteiger partial charge >= 0.3 is 0 Å². The Morgan fingerprint density at radius 1 is 1.28 bits per heavy atom. The van der Waals surface area contributed by atoms with Crippen LogP contribution in [0.25, 0.3) is 0 Å². The van der Waals surface area contributed by atoms with Crippen molar-refractivity contribution in [2.45, 2.75) is 33.2 Å². The van der Waals surface area contributed by atoms with Crippen LogP contribution in [0.4, 0.5) is 0 Å². The molecular formula is C15H20N2S. The second kappa shape index (κ2) is 5.63. The molecule has 1 unspecified atom stereocenters. The van der Waals surface area contributed by atoms with E-state index in [9.17, 15) is 0 Å². The van der Waals surface area contributed by atoms with Gasteiger partial charge in [0.1, 0.15) is 0 Å². The zero-order valence-corrected chi connectivity index (χ0v) is 12.3. The van der Waals surface area contributed by atoms with E-state index in [-0.39, 0.29) is 0 Å². The van der Waals surface area contributed by atoms with Crippen molar-refractivity contribution in [3.8, 4) is 0 Å². The van der Waals surface area contributed by atoms with Crippen LogP contribution in [-0.2, 0) is 6.42 Å². The molecule has 0 spiro atoms. The lowest BCUT2D eigenvalue weighted by atomic mass is 9.97. The van der Waals surface area contributed by atoms with Crippen LogP contribution < -0.4 is 5.32 Å². The second-order valence-electron chi connectivity index (χ2n) is 4.79. The van der Waals surface area contributed by atoms with E-state index in [4.69, 9.17) is 0 Å². The molecule has 0 fully saturated rings. The van der Waals surface area contributed by atoms with Crippen LogP contribution in [0.5, 0.6) is 0 Å². The molecule has 0 aliphatic carbocycles. The maximum atomic E-state index is 4.55. The van der Waals surface area contributed by atoms with Crippen molar-refractivity contribution in [1.82, 2.24) is 10.3 Å². The van der Waals surface area contributed by atoms with Gasteiger partial charge in [-0.05, 0) is 38.9 Å². The van der Waals surface area contributed by atoms with Gasteiger partial charge in [-0.3, -0.25) is 0 Å². The van der Waals surface area contributed by atoms with E-state index in [2.05, 4.69) is 47.7 Å². The fraction of sp³-hybridized carbons (Fsp3) is 0.400. The Balaban J connectivity index is 2.22. The highest BCUT2D eigenvalue weighted by Gasteiger charge is 2.14. The molecule has 2 aromatic rings. The molecule has 1 aromatic heterocycles. The first kappa shape index (κ1) is 13.2. The minimum Gasteiger partial charge on any atom is -0.313 e. The summed E-state index contributed by atoms with van der Waals surface area (Å²) in [5.74, 6) is 0. The predicted molar refractivity (Wildman–Crippen MR) is 78.3 cm³/mol. The number of benzene rings is 1. The number of aryl methyl sites for hydroxylation is 3. The Bertz CT molecular complexity index is 531. The van der Waals surface area contributed by atoms with Gasteiger partial charge < -0.3 is 5.32 Å². The van der Waals surface area contributed by atoms with Gasteiger partial charge in [-0.25, -0.2) is 4.98 Å². The highest BCUT2D eigenvalue weighted by Crippen LogP contribution is 2.23. The van der Waals surface area contributed by atoms with E-state index in [0.717, 1.165) is 12.1 Å². The van der Waals surface area contributed by atoms with Gasteiger partial charge in [-0.1, -0.05) is 23.8 Å². The third-order valence-corrected chi connectivity index (χ3v) is 4.18. The van der Waals surface area contributed by atoms with Gasteiger partial charge in [-0.2, -0.15) is 0 Å². The quantitative estimate of drug-likeness (QED) is 0.909. The zero-order valence-electron chi connectivity index (χ0n) is 11.4. The summed E-state index contributed by atoms with van der Waals surface area (Å²) in [6, 6.07) is 7.00. The summed E-state index contributed by atoms with van der Waals surface area (Å²) in [5, 5.41) is 6.72. The molecule has 0 aliphatic heterocycles. The molecule has 1 aromatic carbocycles. The van der Waals surface area contributed by atoms with E-state index in [1.165, 1.54) is 21.7 Å². The molecule has 1 atom stereocenters. The number of hydrogen-bond acceptors (Lipinski definition) is 3. The Morgan fingerprint density at radius 2 is 2.06 bits per heavy atom. The molecule has 2 nitrogen and oxygen atoms in total. The van der Waals surface area contributed by atoms with Gasteiger partial charge in [0, 0.05) is 23.5 Å². The molecule has 96 valence electrons. The highest BCUT2D eigenvalue weighted by atomic mass is 32.1. The fourth-order valence-electron chi connectivity index (χ4n) is 2.26. The fourth-order valence-corrected chi connectivity index (χ4v) is 3.07. The van der Waals surface area contributed by atoms with Gasteiger partial charge in [-0.15, -0.1) is 11.3 Å². The molecule has 2 rings (SSSR count). The minimum absolute atomic E-state index is 0.344. The molecule has 0 saturated heterocycles. The van der Waals surface area contributed by atoms with Crippen molar-refractivity contribution in [2.24, 2.45) is 0 Å². The number of thiazole rings is 1. The molecule has 18 heavy (non-hydrogen) atoms. The lowest BCUT2D eigenvalue weighted by Gasteiger charge is -2.18. The van der Waals surface area contributed by atoms with Crippen LogP contribution in [0.2, 0.25) is 0 Å². The molecular weight excluding hydrogens is 240 g/mol. The third kappa shape index (κ3) is 2.98. The number of rotatable bonds is 4. The summed E-state index contributed by atoms with van der Waals surface area (Å²) in [7, 11) is 2.02. The molecule has 1 heterocycles. The van der Waals surface area contributed by atoms with E-state index >= 15 is 0 Å². The molecule has 3 heteroatoms. The maximum Gasteiger partial charge on any atom is 0.0947 e. The smallest absolute Gasteiger partial charge is 0.0947 e. The second-order valence-corrected chi connectivity index (χ2v) is 5.73. The molecule has 0 bridgehead atoms. The van der Waals surface area contributed by atoms with Crippen molar-refractivity contribution in [2.75, 3.05) is 7.05 Å². The molecule has 0 radical (unpaired) electrons. The average Bonchev–Trinajstić information content (AvgIpc) is 2.72. The van der Waals surface area contributed by atoms with Crippen LogP contribution in [0.1, 0.15) is 33.4 Å². The van der Waals surface area contributed by atoms with Gasteiger partial charge in [0.15, 0.2) is 0 Å². The Kier molecular flexibility index (Phi) is 4.15. The first-order valence-corrected chi connectivity index (χ1v) is 7.13. The van der Waals surface area contributed by atoms with Crippen LogP contribution in [0, 0.1) is 20.8 Å². The van der Waals surface area contributed by atoms with Crippen molar-refractivity contribution in [3.05, 3.63) is 51.0 Å². The third-order valence-electron chi connectivity index (χ3n) is 3.19. The lowest BCUT2D eigenvalue weighted by molar-refractivity contribution is 0.587. The van der Waals surface area contributed by atoms with Gasteiger partial charge in [0.25, 0.3) is 0 Å². The SMILES string of the molecule is CNC(Cc1nc(C)cs1)c1ccc(C)cc1C. The number of aromatic nitrogens is 1. The van der Waals surface area contributed by atoms with E-state index in [0.29, 0.717) is 6.04 Å². The maximum absolute atomic E-state index is 4.55. The number of nitrogens with zero attached hydrogens (tertiary/aromatic N) is 1. The molecule has 1 N–H and O–H groups in total. The summed E-state index contributed by atoms with van der Waals surface area (Å²) in [6.45, 7) is 6.36. The van der Waals surface area contributed by atoms with E-state index in [1.54, 1.807) is 11.3 Å². The first-order valence-electron chi connectivity index (χ1n) is 6.25. The van der Waals surface area contributed by atoms with Crippen molar-refractivity contribution >= 4 is 11.3 Å². The Morgan fingerprint density at radius 3 is 2.61 bits per heavy atom. The number of nitrogens with one attached hydrogen (secondary N) is 1. The minimum atomic E-state index is 0.344. The van der Waals surface area contributed by atoms with Crippen LogP contribution in [0.3, 0.4) is 0 Å². The summed E-state index contributed by atoms with van der Waals surface area (Å²) in [5.41, 5.74) is 5.15. The summed E-state index contributed by atoms with van der Waals surface area (Å²) < 4.78 is 0. The Labute approximate surface area is 113 Å². The normalized spacial score (nSPS) is 12.7. The largest absolute Gasteiger partial charge is 0.313 e. The van der Waals surface area contributed by atoms with Gasteiger partial charge in [0.2, 0.25) is 0 Å². The van der Waals surface area contributed by atoms with E-state index in [1.807, 2.05) is 14.0 Å². The molecule has 0 saturated carbocycles. The number of likely N-dealkylation sites (N-methyl/N-ethyl adjacent to an activating group) is 1. The first-order chi connectivity index (χ1) is 8.60. The Hall–Kier alpha value is -1.19. The van der Waals surface area contributed by atoms with Crippen molar-refractivity contribution in [1.29, 1.82) is 0 Å². The molecule has 0 aliphatic rings. The summed E-state index contributed by atoms with van der Waals surface area (Å²) in [4.78, 5) is 4.55. The molecule has 0 amide bonds. The standard InChI is InChI=1S/C15H20N2S/c1-10-5-6-13(11(2)7-10)14(16-4)8-15-17-12(3)9-18-15/h5-7,9,14,16H,8H2,1-4H3. The summed E-state index contributed by atoms with van der Waals surface area (Å²) >= 11 is 1.75. The topological polar surface area (TPSA) is 24.9 Å². The predicted octanol–water partition coefficient (Wildman–Crippen LogP) is 3.57. The van der Waals surface area contributed by atoms with Crippen molar-refractivity contribution < 1.29 is 0 Å². The summed E-state index contributed by atoms with van der Waals surface area (Å²) in [6.07, 6.45) is 0.957. The van der Waals surface area contributed by atoms with E-state index < -0.39 is 0 Å².